The second-order valence-corrected chi connectivity index (χ2v) is 7.40. The molecule has 0 radical (unpaired) electrons. The normalized spacial score (nSPS) is 10.4. The molecule has 4 nitrogen and oxygen atoms in total. The molecule has 0 aliphatic heterocycles. The van der Waals surface area contributed by atoms with Crippen LogP contribution in [0.4, 0.5) is 0 Å². The lowest BCUT2D eigenvalue weighted by atomic mass is 10.3. The van der Waals surface area contributed by atoms with Crippen LogP contribution < -0.4 is 18.9 Å². The van der Waals surface area contributed by atoms with Crippen LogP contribution in [-0.4, -0.2) is 0 Å². The van der Waals surface area contributed by atoms with Gasteiger partial charge in [-0.2, -0.15) is 0 Å². The Bertz CT molecular complexity index is 1230. The molecule has 0 amide bonds. The van der Waals surface area contributed by atoms with Crippen molar-refractivity contribution in [2.45, 2.75) is 0 Å². The van der Waals surface area contributed by atoms with Gasteiger partial charge in [0.05, 0.1) is 0 Å². The summed E-state index contributed by atoms with van der Waals surface area (Å²) in [6.07, 6.45) is 0. The second kappa shape index (κ2) is 10.3. The van der Waals surface area contributed by atoms with E-state index >= 15 is 0 Å². The van der Waals surface area contributed by atoms with E-state index in [0.29, 0.717) is 34.5 Å². The largest absolute Gasteiger partial charge is 0.453 e. The number of hydrogen-bond donors (Lipinski definition) is 0. The average Bonchev–Trinajstić information content (AvgIpc) is 2.89. The van der Waals surface area contributed by atoms with Gasteiger partial charge in [0, 0.05) is 0 Å². The van der Waals surface area contributed by atoms with Gasteiger partial charge in [-0.15, -0.1) is 0 Å². The predicted molar refractivity (Wildman–Crippen MR) is 133 cm³/mol. The van der Waals surface area contributed by atoms with Crippen LogP contribution in [0.25, 0.3) is 0 Å². The molecule has 0 aliphatic carbocycles. The zero-order chi connectivity index (χ0) is 23.0. The molecule has 0 unspecified atom stereocenters. The van der Waals surface area contributed by atoms with Crippen molar-refractivity contribution in [3.05, 3.63) is 133 Å². The van der Waals surface area contributed by atoms with E-state index in [4.69, 9.17) is 18.9 Å². The van der Waals surface area contributed by atoms with Crippen molar-refractivity contribution in [2.24, 2.45) is 0 Å². The maximum absolute atomic E-state index is 6.08. The molecule has 0 bridgehead atoms. The van der Waals surface area contributed by atoms with Crippen LogP contribution in [-0.2, 0) is 0 Å². The Morgan fingerprint density at radius 1 is 0.235 bits per heavy atom. The number of ether oxygens (including phenoxy) is 4. The highest BCUT2D eigenvalue weighted by molar-refractivity contribution is 5.48. The van der Waals surface area contributed by atoms with Gasteiger partial charge in [0.25, 0.3) is 0 Å². The summed E-state index contributed by atoms with van der Waals surface area (Å²) >= 11 is 0. The third kappa shape index (κ3) is 5.37. The minimum Gasteiger partial charge on any atom is -0.453 e. The number of benzene rings is 5. The van der Waals surface area contributed by atoms with Crippen LogP contribution >= 0.6 is 0 Å². The molecule has 34 heavy (non-hydrogen) atoms. The molecule has 5 rings (SSSR count). The standard InChI is InChI=1S/C30H22O4/c1-3-11-23(12-4-1)31-27-15-7-9-17-29(27)33-25-19-21-26(22-20-25)34-30-18-10-8-16-28(30)32-24-13-5-2-6-14-24/h1-22H. The van der Waals surface area contributed by atoms with Gasteiger partial charge in [-0.3, -0.25) is 0 Å². The molecule has 0 fully saturated rings. The van der Waals surface area contributed by atoms with Crippen LogP contribution in [0.15, 0.2) is 133 Å². The Morgan fingerprint density at radius 2 is 0.471 bits per heavy atom. The maximum Gasteiger partial charge on any atom is 0.169 e. The highest BCUT2D eigenvalue weighted by Gasteiger charge is 2.09. The topological polar surface area (TPSA) is 36.9 Å². The highest BCUT2D eigenvalue weighted by Crippen LogP contribution is 2.37. The fraction of sp³-hybridized carbons (Fsp3) is 0. The number of para-hydroxylation sites is 6. The molecule has 0 saturated heterocycles. The maximum atomic E-state index is 6.08. The lowest BCUT2D eigenvalue weighted by Crippen LogP contribution is -1.91. The van der Waals surface area contributed by atoms with Gasteiger partial charge in [0.2, 0.25) is 0 Å². The van der Waals surface area contributed by atoms with Crippen LogP contribution in [0.5, 0.6) is 46.0 Å². The Labute approximate surface area is 198 Å². The molecule has 0 atom stereocenters. The van der Waals surface area contributed by atoms with Crippen molar-refractivity contribution in [3.63, 3.8) is 0 Å². The lowest BCUT2D eigenvalue weighted by Gasteiger charge is -2.14. The second-order valence-electron chi connectivity index (χ2n) is 7.40. The van der Waals surface area contributed by atoms with E-state index in [9.17, 15) is 0 Å². The van der Waals surface area contributed by atoms with Gasteiger partial charge < -0.3 is 18.9 Å². The Hall–Kier alpha value is -4.70. The molecule has 0 aromatic heterocycles. The summed E-state index contributed by atoms with van der Waals surface area (Å²) < 4.78 is 24.1. The molecule has 0 aliphatic rings. The third-order valence-corrected chi connectivity index (χ3v) is 4.92. The van der Waals surface area contributed by atoms with Crippen molar-refractivity contribution < 1.29 is 18.9 Å². The first-order valence-corrected chi connectivity index (χ1v) is 10.9. The molecule has 0 spiro atoms. The van der Waals surface area contributed by atoms with Crippen molar-refractivity contribution >= 4 is 0 Å². The molecule has 0 heterocycles. The van der Waals surface area contributed by atoms with E-state index < -0.39 is 0 Å². The Morgan fingerprint density at radius 3 is 0.765 bits per heavy atom. The molecule has 5 aromatic carbocycles. The van der Waals surface area contributed by atoms with Crippen LogP contribution in [0.1, 0.15) is 0 Å². The van der Waals surface area contributed by atoms with Crippen LogP contribution in [0, 0.1) is 0 Å². The Kier molecular flexibility index (Phi) is 6.40. The van der Waals surface area contributed by atoms with Gasteiger partial charge >= 0.3 is 0 Å². The number of rotatable bonds is 8. The van der Waals surface area contributed by atoms with Crippen molar-refractivity contribution in [3.8, 4) is 46.0 Å². The highest BCUT2D eigenvalue weighted by atomic mass is 16.5. The molecule has 5 aromatic rings. The van der Waals surface area contributed by atoms with Gasteiger partial charge in [-0.25, -0.2) is 0 Å². The first kappa shape index (κ1) is 21.2. The summed E-state index contributed by atoms with van der Waals surface area (Å²) in [7, 11) is 0. The molecular formula is C30H22O4. The minimum absolute atomic E-state index is 0.627. The van der Waals surface area contributed by atoms with Gasteiger partial charge in [0.15, 0.2) is 23.0 Å². The summed E-state index contributed by atoms with van der Waals surface area (Å²) in [4.78, 5) is 0. The minimum atomic E-state index is 0.627. The fourth-order valence-corrected chi connectivity index (χ4v) is 3.30. The van der Waals surface area contributed by atoms with Crippen LogP contribution in [0.3, 0.4) is 0 Å². The molecule has 4 heteroatoms. The van der Waals surface area contributed by atoms with E-state index in [1.165, 1.54) is 0 Å². The van der Waals surface area contributed by atoms with Gasteiger partial charge in [0.1, 0.15) is 23.0 Å². The van der Waals surface area contributed by atoms with Crippen molar-refractivity contribution in [1.29, 1.82) is 0 Å². The first-order valence-electron chi connectivity index (χ1n) is 10.9. The summed E-state index contributed by atoms with van der Waals surface area (Å²) in [5.41, 5.74) is 0. The van der Waals surface area contributed by atoms with Gasteiger partial charge in [-0.05, 0) is 72.8 Å². The van der Waals surface area contributed by atoms with E-state index in [2.05, 4.69) is 0 Å². The predicted octanol–water partition coefficient (Wildman–Crippen LogP) is 8.86. The monoisotopic (exact) mass is 446 g/mol. The summed E-state index contributed by atoms with van der Waals surface area (Å²) in [5.74, 6) is 5.37. The van der Waals surface area contributed by atoms with E-state index in [1.807, 2.05) is 133 Å². The fourth-order valence-electron chi connectivity index (χ4n) is 3.30. The molecule has 0 saturated carbocycles. The zero-order valence-electron chi connectivity index (χ0n) is 18.3. The first-order chi connectivity index (χ1) is 16.8. The van der Waals surface area contributed by atoms with E-state index in [-0.39, 0.29) is 0 Å². The average molecular weight is 447 g/mol. The molecular weight excluding hydrogens is 424 g/mol. The van der Waals surface area contributed by atoms with Gasteiger partial charge in [-0.1, -0.05) is 60.7 Å². The summed E-state index contributed by atoms with van der Waals surface area (Å²) in [6, 6.07) is 41.8. The molecule has 166 valence electrons. The van der Waals surface area contributed by atoms with E-state index in [0.717, 1.165) is 11.5 Å². The number of hydrogen-bond acceptors (Lipinski definition) is 4. The van der Waals surface area contributed by atoms with Crippen LogP contribution in [0.2, 0.25) is 0 Å². The summed E-state index contributed by atoms with van der Waals surface area (Å²) in [6.45, 7) is 0. The molecule has 0 N–H and O–H groups in total. The Balaban J connectivity index is 1.29. The van der Waals surface area contributed by atoms with Crippen molar-refractivity contribution in [2.75, 3.05) is 0 Å². The van der Waals surface area contributed by atoms with E-state index in [1.54, 1.807) is 0 Å². The summed E-state index contributed by atoms with van der Waals surface area (Å²) in [5, 5.41) is 0. The van der Waals surface area contributed by atoms with Crippen molar-refractivity contribution in [1.82, 2.24) is 0 Å². The smallest absolute Gasteiger partial charge is 0.169 e. The lowest BCUT2D eigenvalue weighted by molar-refractivity contribution is 0.413. The third-order valence-electron chi connectivity index (χ3n) is 4.92. The quantitative estimate of drug-likeness (QED) is 0.238. The SMILES string of the molecule is c1ccc(Oc2ccccc2Oc2ccc(Oc3ccccc3Oc3ccccc3)cc2)cc1. The zero-order valence-corrected chi connectivity index (χ0v) is 18.3.